The van der Waals surface area contributed by atoms with Crippen LogP contribution in [-0.2, 0) is 6.61 Å². The number of ether oxygens (including phenoxy) is 1. The standard InChI is InChI=1S/C18H19ClN2O2.ClH/c19-16-7-3-1-5-13(16)12-23-17-8-4-2-6-15(17)18(22)21-14-9-10-20-11-14;/h1-8,14,20H,9-12H2,(H,21,22);1H. The molecule has 128 valence electrons. The minimum Gasteiger partial charge on any atom is -0.488 e. The molecule has 0 aromatic heterocycles. The Balaban J connectivity index is 0.00000208. The van der Waals surface area contributed by atoms with E-state index in [0.29, 0.717) is 22.9 Å². The normalized spacial score (nSPS) is 16.3. The molecule has 1 heterocycles. The van der Waals surface area contributed by atoms with Gasteiger partial charge < -0.3 is 15.4 Å². The maximum absolute atomic E-state index is 12.5. The van der Waals surface area contributed by atoms with Gasteiger partial charge in [-0.15, -0.1) is 12.4 Å². The van der Waals surface area contributed by atoms with E-state index < -0.39 is 0 Å². The highest BCUT2D eigenvalue weighted by molar-refractivity contribution is 6.31. The van der Waals surface area contributed by atoms with Crippen molar-refractivity contribution in [2.75, 3.05) is 13.1 Å². The summed E-state index contributed by atoms with van der Waals surface area (Å²) in [5, 5.41) is 6.93. The fourth-order valence-electron chi connectivity index (χ4n) is 2.59. The Bertz CT molecular complexity index is 688. The fraction of sp³-hybridized carbons (Fsp3) is 0.278. The van der Waals surface area contributed by atoms with Crippen molar-refractivity contribution < 1.29 is 9.53 Å². The number of amides is 1. The van der Waals surface area contributed by atoms with Gasteiger partial charge in [0.25, 0.3) is 5.91 Å². The number of hydrogen-bond acceptors (Lipinski definition) is 3. The molecule has 1 amide bonds. The molecule has 4 nitrogen and oxygen atoms in total. The first-order valence-corrected chi connectivity index (χ1v) is 8.08. The Kier molecular flexibility index (Phi) is 6.91. The van der Waals surface area contributed by atoms with Gasteiger partial charge in [-0.25, -0.2) is 0 Å². The van der Waals surface area contributed by atoms with Gasteiger partial charge in [0.2, 0.25) is 0 Å². The first-order valence-electron chi connectivity index (χ1n) is 7.71. The van der Waals surface area contributed by atoms with Crippen LogP contribution in [0.2, 0.25) is 5.02 Å². The summed E-state index contributed by atoms with van der Waals surface area (Å²) in [5.41, 5.74) is 1.44. The zero-order chi connectivity index (χ0) is 16.1. The van der Waals surface area contributed by atoms with Crippen LogP contribution in [0, 0.1) is 0 Å². The van der Waals surface area contributed by atoms with E-state index in [9.17, 15) is 4.79 Å². The molecule has 1 aliphatic heterocycles. The number of rotatable bonds is 5. The molecule has 0 radical (unpaired) electrons. The molecule has 0 saturated carbocycles. The van der Waals surface area contributed by atoms with Crippen LogP contribution < -0.4 is 15.4 Å². The van der Waals surface area contributed by atoms with Gasteiger partial charge in [0.15, 0.2) is 0 Å². The number of hydrogen-bond donors (Lipinski definition) is 2. The largest absolute Gasteiger partial charge is 0.488 e. The van der Waals surface area contributed by atoms with E-state index in [2.05, 4.69) is 10.6 Å². The Morgan fingerprint density at radius 1 is 1.21 bits per heavy atom. The van der Waals surface area contributed by atoms with Crippen LogP contribution in [0.25, 0.3) is 0 Å². The lowest BCUT2D eigenvalue weighted by Gasteiger charge is -2.15. The highest BCUT2D eigenvalue weighted by Gasteiger charge is 2.19. The molecule has 1 aliphatic rings. The van der Waals surface area contributed by atoms with Gasteiger partial charge in [-0.3, -0.25) is 4.79 Å². The van der Waals surface area contributed by atoms with Crippen LogP contribution >= 0.6 is 24.0 Å². The lowest BCUT2D eigenvalue weighted by molar-refractivity contribution is 0.0935. The monoisotopic (exact) mass is 366 g/mol. The van der Waals surface area contributed by atoms with E-state index >= 15 is 0 Å². The first kappa shape index (κ1) is 18.6. The average molecular weight is 367 g/mol. The third-order valence-corrected chi connectivity index (χ3v) is 4.24. The maximum atomic E-state index is 12.5. The van der Waals surface area contributed by atoms with E-state index in [-0.39, 0.29) is 24.4 Å². The summed E-state index contributed by atoms with van der Waals surface area (Å²) in [5.74, 6) is 0.462. The molecule has 1 saturated heterocycles. The summed E-state index contributed by atoms with van der Waals surface area (Å²) in [6, 6.07) is 15.0. The topological polar surface area (TPSA) is 50.4 Å². The van der Waals surface area contributed by atoms with E-state index in [0.717, 1.165) is 25.1 Å². The second kappa shape index (κ2) is 8.92. The average Bonchev–Trinajstić information content (AvgIpc) is 3.07. The highest BCUT2D eigenvalue weighted by atomic mass is 35.5. The van der Waals surface area contributed by atoms with Crippen molar-refractivity contribution in [3.63, 3.8) is 0 Å². The van der Waals surface area contributed by atoms with Crippen LogP contribution in [0.1, 0.15) is 22.3 Å². The van der Waals surface area contributed by atoms with Gasteiger partial charge in [0.05, 0.1) is 5.56 Å². The predicted molar refractivity (Wildman–Crippen MR) is 98.2 cm³/mol. The van der Waals surface area contributed by atoms with E-state index in [1.807, 2.05) is 36.4 Å². The van der Waals surface area contributed by atoms with Crippen molar-refractivity contribution in [1.29, 1.82) is 0 Å². The summed E-state index contributed by atoms with van der Waals surface area (Å²) < 4.78 is 5.83. The predicted octanol–water partition coefficient (Wildman–Crippen LogP) is 3.43. The van der Waals surface area contributed by atoms with Gasteiger partial charge in [-0.1, -0.05) is 41.9 Å². The van der Waals surface area contributed by atoms with Gasteiger partial charge in [-0.2, -0.15) is 0 Å². The number of carbonyl (C=O) groups is 1. The molecule has 2 aromatic carbocycles. The van der Waals surface area contributed by atoms with E-state index in [1.54, 1.807) is 12.1 Å². The lowest BCUT2D eigenvalue weighted by atomic mass is 10.1. The molecular weight excluding hydrogens is 347 g/mol. The molecule has 0 aliphatic carbocycles. The van der Waals surface area contributed by atoms with Crippen LogP contribution in [0.5, 0.6) is 5.75 Å². The Hall–Kier alpha value is -1.75. The molecule has 0 spiro atoms. The molecule has 0 bridgehead atoms. The molecule has 3 rings (SSSR count). The number of para-hydroxylation sites is 1. The van der Waals surface area contributed by atoms with Gasteiger partial charge in [-0.05, 0) is 31.2 Å². The number of benzene rings is 2. The van der Waals surface area contributed by atoms with Crippen molar-refractivity contribution >= 4 is 29.9 Å². The number of nitrogens with one attached hydrogen (secondary N) is 2. The van der Waals surface area contributed by atoms with E-state index in [1.165, 1.54) is 0 Å². The molecule has 1 fully saturated rings. The third kappa shape index (κ3) is 4.63. The molecular formula is C18H20Cl2N2O2. The first-order chi connectivity index (χ1) is 11.2. The minimum absolute atomic E-state index is 0. The Morgan fingerprint density at radius 2 is 1.96 bits per heavy atom. The summed E-state index contributed by atoms with van der Waals surface area (Å²) in [7, 11) is 0. The van der Waals surface area contributed by atoms with Gasteiger partial charge >= 0.3 is 0 Å². The smallest absolute Gasteiger partial charge is 0.255 e. The molecule has 1 unspecified atom stereocenters. The molecule has 6 heteroatoms. The summed E-state index contributed by atoms with van der Waals surface area (Å²) in [4.78, 5) is 12.5. The van der Waals surface area contributed by atoms with Crippen molar-refractivity contribution in [2.24, 2.45) is 0 Å². The van der Waals surface area contributed by atoms with Crippen molar-refractivity contribution in [2.45, 2.75) is 19.1 Å². The zero-order valence-corrected chi connectivity index (χ0v) is 14.7. The summed E-state index contributed by atoms with van der Waals surface area (Å²) >= 11 is 6.14. The fourth-order valence-corrected chi connectivity index (χ4v) is 2.78. The lowest BCUT2D eigenvalue weighted by Crippen LogP contribution is -2.36. The van der Waals surface area contributed by atoms with Crippen LogP contribution in [0.4, 0.5) is 0 Å². The third-order valence-electron chi connectivity index (χ3n) is 3.87. The zero-order valence-electron chi connectivity index (χ0n) is 13.1. The Labute approximate surface area is 153 Å². The van der Waals surface area contributed by atoms with E-state index in [4.69, 9.17) is 16.3 Å². The molecule has 2 aromatic rings. The molecule has 24 heavy (non-hydrogen) atoms. The highest BCUT2D eigenvalue weighted by Crippen LogP contribution is 2.22. The van der Waals surface area contributed by atoms with Crippen molar-refractivity contribution in [1.82, 2.24) is 10.6 Å². The van der Waals surface area contributed by atoms with Crippen molar-refractivity contribution in [3.05, 3.63) is 64.7 Å². The number of halogens is 2. The van der Waals surface area contributed by atoms with Crippen molar-refractivity contribution in [3.8, 4) is 5.75 Å². The van der Waals surface area contributed by atoms with Crippen LogP contribution in [0.15, 0.2) is 48.5 Å². The van der Waals surface area contributed by atoms with Gasteiger partial charge in [0, 0.05) is 23.2 Å². The quantitative estimate of drug-likeness (QED) is 0.851. The second-order valence-electron chi connectivity index (χ2n) is 5.54. The summed E-state index contributed by atoms with van der Waals surface area (Å²) in [6.07, 6.45) is 0.953. The maximum Gasteiger partial charge on any atom is 0.255 e. The van der Waals surface area contributed by atoms with Gasteiger partial charge in [0.1, 0.15) is 12.4 Å². The second-order valence-corrected chi connectivity index (χ2v) is 5.95. The SMILES string of the molecule is Cl.O=C(NC1CCNC1)c1ccccc1OCc1ccccc1Cl. The summed E-state index contributed by atoms with van der Waals surface area (Å²) in [6.45, 7) is 2.08. The van der Waals surface area contributed by atoms with Crippen LogP contribution in [-0.4, -0.2) is 25.0 Å². The molecule has 1 atom stereocenters. The Morgan fingerprint density at radius 3 is 2.71 bits per heavy atom. The minimum atomic E-state index is -0.103. The van der Waals surface area contributed by atoms with Crippen LogP contribution in [0.3, 0.4) is 0 Å². The number of carbonyl (C=O) groups excluding carboxylic acids is 1. The molecule has 2 N–H and O–H groups in total.